The Morgan fingerprint density at radius 1 is 1.17 bits per heavy atom. The molecule has 0 radical (unpaired) electrons. The maximum atomic E-state index is 12.3. The van der Waals surface area contributed by atoms with Gasteiger partial charge in [-0.1, -0.05) is 30.3 Å². The van der Waals surface area contributed by atoms with E-state index in [2.05, 4.69) is 15.6 Å². The molecule has 30 heavy (non-hydrogen) atoms. The zero-order chi connectivity index (χ0) is 21.5. The summed E-state index contributed by atoms with van der Waals surface area (Å²) in [6, 6.07) is 14.3. The number of carbonyl (C=O) groups excluding carboxylic acids is 1. The fraction of sp³-hybridized carbons (Fsp3) is 0.286. The largest absolute Gasteiger partial charge is 0.396 e. The molecule has 9 nitrogen and oxygen atoms in total. The smallest absolute Gasteiger partial charge is 0.351 e. The van der Waals surface area contributed by atoms with Crippen LogP contribution in [0, 0.1) is 0 Å². The van der Waals surface area contributed by atoms with Crippen molar-refractivity contribution in [3.05, 3.63) is 65.2 Å². The molecule has 0 saturated heterocycles. The highest BCUT2D eigenvalue weighted by Gasteiger charge is 2.17. The number of fused-ring (bicyclic) bond motifs is 1. The van der Waals surface area contributed by atoms with Crippen molar-refractivity contribution >= 4 is 28.3 Å². The molecule has 3 rings (SSSR count). The van der Waals surface area contributed by atoms with E-state index >= 15 is 0 Å². The molecule has 0 bridgehead atoms. The van der Waals surface area contributed by atoms with E-state index in [1.807, 2.05) is 36.4 Å². The predicted octanol–water partition coefficient (Wildman–Crippen LogP) is 2.32. The number of benzene rings is 2. The summed E-state index contributed by atoms with van der Waals surface area (Å²) in [5.41, 5.74) is -0.0292. The zero-order valence-electron chi connectivity index (χ0n) is 16.5. The highest BCUT2D eigenvalue weighted by Crippen LogP contribution is 2.19. The van der Waals surface area contributed by atoms with E-state index in [0.29, 0.717) is 5.69 Å². The van der Waals surface area contributed by atoms with E-state index in [9.17, 15) is 14.7 Å². The van der Waals surface area contributed by atoms with Crippen LogP contribution in [0.2, 0.25) is 0 Å². The Morgan fingerprint density at radius 2 is 1.93 bits per heavy atom. The molecule has 0 fully saturated rings. The number of hydrogen-bond donors (Lipinski definition) is 4. The number of nitrogens with one attached hydrogen (secondary N) is 2. The van der Waals surface area contributed by atoms with Gasteiger partial charge in [0, 0.05) is 32.0 Å². The molecule has 158 valence electrons. The monoisotopic (exact) mass is 412 g/mol. The van der Waals surface area contributed by atoms with Gasteiger partial charge in [0.15, 0.2) is 0 Å². The fourth-order valence-corrected chi connectivity index (χ4v) is 3.07. The number of aliphatic hydroxyl groups excluding tert-OH is 2. The van der Waals surface area contributed by atoms with E-state index in [1.165, 1.54) is 23.9 Å². The Balaban J connectivity index is 1.66. The highest BCUT2D eigenvalue weighted by atomic mass is 16.5. The van der Waals surface area contributed by atoms with Gasteiger partial charge >= 0.3 is 11.7 Å². The van der Waals surface area contributed by atoms with Crippen molar-refractivity contribution in [1.29, 1.82) is 0 Å². The second-order valence-electron chi connectivity index (χ2n) is 6.74. The van der Waals surface area contributed by atoms with Gasteiger partial charge in [0.2, 0.25) is 0 Å². The van der Waals surface area contributed by atoms with Gasteiger partial charge < -0.3 is 20.3 Å². The Morgan fingerprint density at radius 3 is 2.63 bits per heavy atom. The fourth-order valence-electron chi connectivity index (χ4n) is 3.07. The van der Waals surface area contributed by atoms with Crippen LogP contribution in [0.5, 0.6) is 0 Å². The molecule has 2 aromatic carbocycles. The molecule has 4 N–H and O–H groups in total. The van der Waals surface area contributed by atoms with Gasteiger partial charge in [0.1, 0.15) is 12.0 Å². The minimum absolute atomic E-state index is 0.0836. The number of carbonyl (C=O) groups is 1. The molecule has 0 aliphatic carbocycles. The standard InChI is InChI=1S/C21H24N4O5/c1-30-19(13-17(27)9-11-26)25-10-8-18(24-21(25)29)23-20(28)22-16-7-6-14-4-2-3-5-15(14)12-16/h2-8,10,12,17,19,26-27H,9,11,13H2,1H3,(H2,22,23,24,28,29)/t17?,19-/m1/s1. The van der Waals surface area contributed by atoms with E-state index < -0.39 is 24.1 Å². The topological polar surface area (TPSA) is 126 Å². The molecular formula is C21H24N4O5. The quantitative estimate of drug-likeness (QED) is 0.450. The third-order valence-corrected chi connectivity index (χ3v) is 4.60. The van der Waals surface area contributed by atoms with Gasteiger partial charge in [-0.2, -0.15) is 4.98 Å². The van der Waals surface area contributed by atoms with E-state index in [0.717, 1.165) is 10.8 Å². The number of hydrogen-bond acceptors (Lipinski definition) is 6. The van der Waals surface area contributed by atoms with E-state index in [1.54, 1.807) is 6.07 Å². The van der Waals surface area contributed by atoms with Crippen molar-refractivity contribution in [2.24, 2.45) is 0 Å². The third kappa shape index (κ3) is 5.41. The maximum Gasteiger partial charge on any atom is 0.351 e. The van der Waals surface area contributed by atoms with Crippen molar-refractivity contribution in [3.63, 3.8) is 0 Å². The number of amides is 2. The van der Waals surface area contributed by atoms with Crippen LogP contribution in [0.15, 0.2) is 59.5 Å². The van der Waals surface area contributed by atoms with Crippen LogP contribution in [-0.2, 0) is 4.74 Å². The lowest BCUT2D eigenvalue weighted by atomic mass is 10.1. The summed E-state index contributed by atoms with van der Waals surface area (Å²) in [7, 11) is 1.41. The average Bonchev–Trinajstić information content (AvgIpc) is 2.72. The van der Waals surface area contributed by atoms with Crippen LogP contribution in [0.1, 0.15) is 19.1 Å². The third-order valence-electron chi connectivity index (χ3n) is 4.60. The zero-order valence-corrected chi connectivity index (χ0v) is 16.5. The number of anilines is 2. The molecular weight excluding hydrogens is 388 g/mol. The number of aliphatic hydroxyl groups is 2. The lowest BCUT2D eigenvalue weighted by Gasteiger charge is -2.20. The molecule has 3 aromatic rings. The molecule has 0 aliphatic rings. The first-order chi connectivity index (χ1) is 14.5. The summed E-state index contributed by atoms with van der Waals surface area (Å²) >= 11 is 0. The predicted molar refractivity (Wildman–Crippen MR) is 113 cm³/mol. The summed E-state index contributed by atoms with van der Waals surface area (Å²) in [5.74, 6) is 0.0836. The summed E-state index contributed by atoms with van der Waals surface area (Å²) in [6.07, 6.45) is 0.162. The normalized spacial score (nSPS) is 13.0. The SMILES string of the molecule is CO[C@H](CC(O)CCO)n1ccc(NC(=O)Nc2ccc3ccccc3c2)nc1=O. The summed E-state index contributed by atoms with van der Waals surface area (Å²) in [5, 5.41) is 26.0. The highest BCUT2D eigenvalue weighted by molar-refractivity contribution is 6.00. The van der Waals surface area contributed by atoms with E-state index in [4.69, 9.17) is 9.84 Å². The Hall–Kier alpha value is -3.27. The second kappa shape index (κ2) is 9.97. The molecule has 0 saturated carbocycles. The summed E-state index contributed by atoms with van der Waals surface area (Å²) < 4.78 is 6.47. The van der Waals surface area contributed by atoms with Gasteiger partial charge in [-0.15, -0.1) is 0 Å². The van der Waals surface area contributed by atoms with Crippen molar-refractivity contribution in [1.82, 2.24) is 9.55 Å². The first kappa shape index (κ1) is 21.4. The van der Waals surface area contributed by atoms with Crippen molar-refractivity contribution < 1.29 is 19.7 Å². The van der Waals surface area contributed by atoms with Crippen molar-refractivity contribution in [2.45, 2.75) is 25.2 Å². The molecule has 0 spiro atoms. The number of nitrogens with zero attached hydrogens (tertiary/aromatic N) is 2. The summed E-state index contributed by atoms with van der Waals surface area (Å²) in [4.78, 5) is 28.5. The van der Waals surface area contributed by atoms with Crippen LogP contribution in [0.3, 0.4) is 0 Å². The second-order valence-corrected chi connectivity index (χ2v) is 6.74. The summed E-state index contributed by atoms with van der Waals surface area (Å²) in [6.45, 7) is -0.167. The van der Waals surface area contributed by atoms with Crippen molar-refractivity contribution in [3.8, 4) is 0 Å². The molecule has 1 aromatic heterocycles. The molecule has 1 heterocycles. The number of methoxy groups -OCH3 is 1. The first-order valence-corrected chi connectivity index (χ1v) is 9.48. The molecule has 9 heteroatoms. The minimum Gasteiger partial charge on any atom is -0.396 e. The molecule has 1 unspecified atom stereocenters. The molecule has 0 aliphatic heterocycles. The van der Waals surface area contributed by atoms with Crippen LogP contribution in [0.25, 0.3) is 10.8 Å². The molecule has 2 amide bonds. The Bertz CT molecular complexity index is 1070. The van der Waals surface area contributed by atoms with Gasteiger partial charge in [0.25, 0.3) is 0 Å². The van der Waals surface area contributed by atoms with Crippen molar-refractivity contribution in [2.75, 3.05) is 24.4 Å². The van der Waals surface area contributed by atoms with E-state index in [-0.39, 0.29) is 25.3 Å². The maximum absolute atomic E-state index is 12.3. The number of urea groups is 1. The number of aromatic nitrogens is 2. The lowest BCUT2D eigenvalue weighted by Crippen LogP contribution is -2.31. The van der Waals surface area contributed by atoms with Gasteiger partial charge in [-0.3, -0.25) is 9.88 Å². The van der Waals surface area contributed by atoms with Crippen LogP contribution in [0.4, 0.5) is 16.3 Å². The van der Waals surface area contributed by atoms with Crippen LogP contribution in [-0.4, -0.2) is 45.6 Å². The minimum atomic E-state index is -0.822. The Labute approximate surface area is 172 Å². The van der Waals surface area contributed by atoms with Crippen LogP contribution >= 0.6 is 0 Å². The van der Waals surface area contributed by atoms with Gasteiger partial charge in [-0.05, 0) is 35.4 Å². The number of ether oxygens (including phenoxy) is 1. The lowest BCUT2D eigenvalue weighted by molar-refractivity contribution is -0.00920. The van der Waals surface area contributed by atoms with Gasteiger partial charge in [0.05, 0.1) is 6.10 Å². The molecule has 2 atom stereocenters. The average molecular weight is 412 g/mol. The van der Waals surface area contributed by atoms with Gasteiger partial charge in [-0.25, -0.2) is 9.59 Å². The Kier molecular flexibility index (Phi) is 7.12. The number of rotatable bonds is 8. The first-order valence-electron chi connectivity index (χ1n) is 9.48. The van der Waals surface area contributed by atoms with Crippen LogP contribution < -0.4 is 16.3 Å².